The van der Waals surface area contributed by atoms with Crippen molar-refractivity contribution in [1.82, 2.24) is 16.0 Å². The lowest BCUT2D eigenvalue weighted by Crippen LogP contribution is -2.51. The summed E-state index contributed by atoms with van der Waals surface area (Å²) in [6, 6.07) is -1.37. The zero-order valence-corrected chi connectivity index (χ0v) is 16.5. The summed E-state index contributed by atoms with van der Waals surface area (Å²) in [6.45, 7) is 4.61. The van der Waals surface area contributed by atoms with Gasteiger partial charge < -0.3 is 20.7 Å². The number of hydrogen-bond acceptors (Lipinski definition) is 4. The minimum absolute atomic E-state index is 0.0301. The van der Waals surface area contributed by atoms with E-state index in [1.165, 1.54) is 0 Å². The van der Waals surface area contributed by atoms with Crippen LogP contribution in [-0.2, 0) is 19.2 Å². The smallest absolute Gasteiger partial charge is 0.243 e. The fourth-order valence-electron chi connectivity index (χ4n) is 4.04. The van der Waals surface area contributed by atoms with Gasteiger partial charge in [0.25, 0.3) is 0 Å². The molecule has 2 fully saturated rings. The van der Waals surface area contributed by atoms with Crippen molar-refractivity contribution in [1.29, 1.82) is 0 Å². The van der Waals surface area contributed by atoms with E-state index in [-0.39, 0.29) is 35.5 Å². The summed E-state index contributed by atoms with van der Waals surface area (Å²) in [6.07, 6.45) is 6.64. The maximum Gasteiger partial charge on any atom is 0.243 e. The summed E-state index contributed by atoms with van der Waals surface area (Å²) >= 11 is 0. The molecule has 2 aliphatic heterocycles. The molecule has 7 nitrogen and oxygen atoms in total. The first-order valence-corrected chi connectivity index (χ1v) is 10.2. The number of hydrogen-bond donors (Lipinski definition) is 3. The van der Waals surface area contributed by atoms with Crippen LogP contribution in [0, 0.1) is 17.8 Å². The Labute approximate surface area is 161 Å². The Morgan fingerprint density at radius 1 is 1.04 bits per heavy atom. The second kappa shape index (κ2) is 10.4. The zero-order valence-electron chi connectivity index (χ0n) is 16.5. The highest BCUT2D eigenvalue weighted by Gasteiger charge is 2.36. The Morgan fingerprint density at radius 2 is 1.78 bits per heavy atom. The molecule has 0 spiro atoms. The van der Waals surface area contributed by atoms with Gasteiger partial charge in [-0.05, 0) is 37.5 Å². The molecule has 0 aromatic heterocycles. The second-order valence-electron chi connectivity index (χ2n) is 8.30. The standard InChI is InChI=1S/C20H33N3O4/c1-13(2)9-17-20(27)22-15(12-24)10-16-14(11-21-19(16)26)7-5-3-4-6-8-18(25)23-17/h12-17H,3-11H2,1-2H3,(H,21,26)(H,22,27)(H,23,25)/t14-,15+,16-,17+/m1/s1. The molecular weight excluding hydrogens is 346 g/mol. The molecule has 27 heavy (non-hydrogen) atoms. The van der Waals surface area contributed by atoms with Gasteiger partial charge >= 0.3 is 0 Å². The third-order valence-corrected chi connectivity index (χ3v) is 5.53. The molecule has 0 aromatic carbocycles. The molecule has 0 radical (unpaired) electrons. The van der Waals surface area contributed by atoms with Gasteiger partial charge in [-0.3, -0.25) is 14.4 Å². The van der Waals surface area contributed by atoms with Gasteiger partial charge in [0.05, 0.1) is 6.04 Å². The average Bonchev–Trinajstić information content (AvgIpc) is 2.95. The monoisotopic (exact) mass is 379 g/mol. The molecule has 3 N–H and O–H groups in total. The van der Waals surface area contributed by atoms with E-state index in [0.29, 0.717) is 32.1 Å². The summed E-state index contributed by atoms with van der Waals surface area (Å²) in [5, 5.41) is 8.46. The van der Waals surface area contributed by atoms with Crippen molar-refractivity contribution in [3.8, 4) is 0 Å². The van der Waals surface area contributed by atoms with Gasteiger partial charge in [-0.1, -0.05) is 33.1 Å². The molecule has 152 valence electrons. The minimum Gasteiger partial charge on any atom is -0.356 e. The summed E-state index contributed by atoms with van der Waals surface area (Å²) in [7, 11) is 0. The molecule has 0 unspecified atom stereocenters. The Hall–Kier alpha value is -1.92. The highest BCUT2D eigenvalue weighted by Crippen LogP contribution is 2.28. The molecule has 0 aliphatic carbocycles. The van der Waals surface area contributed by atoms with Crippen molar-refractivity contribution < 1.29 is 19.2 Å². The quantitative estimate of drug-likeness (QED) is 0.643. The molecule has 2 saturated heterocycles. The maximum absolute atomic E-state index is 12.7. The Kier molecular flexibility index (Phi) is 8.25. The van der Waals surface area contributed by atoms with Gasteiger partial charge in [0.2, 0.25) is 17.7 Å². The largest absolute Gasteiger partial charge is 0.356 e. The van der Waals surface area contributed by atoms with Crippen molar-refractivity contribution in [2.24, 2.45) is 17.8 Å². The average molecular weight is 380 g/mol. The van der Waals surface area contributed by atoms with Crippen LogP contribution in [0.2, 0.25) is 0 Å². The van der Waals surface area contributed by atoms with Gasteiger partial charge in [0.15, 0.2) is 0 Å². The van der Waals surface area contributed by atoms with Crippen LogP contribution >= 0.6 is 0 Å². The Bertz CT molecular complexity index is 549. The third kappa shape index (κ3) is 6.63. The van der Waals surface area contributed by atoms with Crippen LogP contribution in [0.3, 0.4) is 0 Å². The lowest BCUT2D eigenvalue weighted by molar-refractivity contribution is -0.131. The number of carbonyl (C=O) groups is 4. The Morgan fingerprint density at radius 3 is 2.48 bits per heavy atom. The van der Waals surface area contributed by atoms with Crippen molar-refractivity contribution >= 4 is 24.0 Å². The van der Waals surface area contributed by atoms with Crippen LogP contribution in [-0.4, -0.2) is 42.6 Å². The van der Waals surface area contributed by atoms with Gasteiger partial charge in [-0.15, -0.1) is 0 Å². The van der Waals surface area contributed by atoms with Crippen LogP contribution < -0.4 is 16.0 Å². The predicted molar refractivity (Wildman–Crippen MR) is 102 cm³/mol. The number of rotatable bonds is 3. The van der Waals surface area contributed by atoms with E-state index in [9.17, 15) is 19.2 Å². The topological polar surface area (TPSA) is 104 Å². The van der Waals surface area contributed by atoms with E-state index in [1.54, 1.807) is 0 Å². The van der Waals surface area contributed by atoms with Crippen LogP contribution in [0.1, 0.15) is 65.2 Å². The molecule has 0 bridgehead atoms. The van der Waals surface area contributed by atoms with Crippen molar-refractivity contribution in [3.05, 3.63) is 0 Å². The van der Waals surface area contributed by atoms with E-state index in [0.717, 1.165) is 32.1 Å². The van der Waals surface area contributed by atoms with E-state index in [1.807, 2.05) is 13.8 Å². The van der Waals surface area contributed by atoms with Crippen molar-refractivity contribution in [2.45, 2.75) is 77.3 Å². The molecule has 4 atom stereocenters. The van der Waals surface area contributed by atoms with Crippen LogP contribution in [0.5, 0.6) is 0 Å². The van der Waals surface area contributed by atoms with Crippen molar-refractivity contribution in [3.63, 3.8) is 0 Å². The van der Waals surface area contributed by atoms with Crippen molar-refractivity contribution in [2.75, 3.05) is 6.54 Å². The highest BCUT2D eigenvalue weighted by atomic mass is 16.2. The van der Waals surface area contributed by atoms with E-state index in [2.05, 4.69) is 16.0 Å². The lowest BCUT2D eigenvalue weighted by Gasteiger charge is -2.24. The number of nitrogens with one attached hydrogen (secondary N) is 3. The van der Waals surface area contributed by atoms with Crippen LogP contribution in [0.15, 0.2) is 0 Å². The summed E-state index contributed by atoms with van der Waals surface area (Å²) in [5.74, 6) is -0.319. The lowest BCUT2D eigenvalue weighted by atomic mass is 9.85. The first-order chi connectivity index (χ1) is 12.9. The van der Waals surface area contributed by atoms with E-state index >= 15 is 0 Å². The van der Waals surface area contributed by atoms with E-state index < -0.39 is 12.1 Å². The number of amides is 3. The van der Waals surface area contributed by atoms with Crippen LogP contribution in [0.4, 0.5) is 0 Å². The number of aldehydes is 1. The Balaban J connectivity index is 2.13. The first-order valence-electron chi connectivity index (χ1n) is 10.2. The van der Waals surface area contributed by atoms with Crippen LogP contribution in [0.25, 0.3) is 0 Å². The first kappa shape index (κ1) is 21.4. The molecule has 2 heterocycles. The number of fused-ring (bicyclic) bond motifs is 1. The third-order valence-electron chi connectivity index (χ3n) is 5.53. The molecule has 3 amide bonds. The molecule has 0 saturated carbocycles. The van der Waals surface area contributed by atoms with E-state index in [4.69, 9.17) is 0 Å². The van der Waals surface area contributed by atoms with Gasteiger partial charge in [-0.2, -0.15) is 0 Å². The maximum atomic E-state index is 12.7. The molecule has 2 aliphatic rings. The molecular formula is C20H33N3O4. The number of carbonyl (C=O) groups excluding carboxylic acids is 4. The minimum atomic E-state index is -0.717. The van der Waals surface area contributed by atoms with Gasteiger partial charge in [-0.25, -0.2) is 0 Å². The second-order valence-corrected chi connectivity index (χ2v) is 8.30. The fraction of sp³-hybridized carbons (Fsp3) is 0.800. The summed E-state index contributed by atoms with van der Waals surface area (Å²) in [5.41, 5.74) is 0. The zero-order chi connectivity index (χ0) is 19.8. The SMILES string of the molecule is CC(C)C[C@@H]1NC(=O)CCCCCC[C@@H]2CNC(=O)[C@@H]2C[C@@H](C=O)NC1=O. The fourth-order valence-corrected chi connectivity index (χ4v) is 4.04. The summed E-state index contributed by atoms with van der Waals surface area (Å²) in [4.78, 5) is 48.6. The summed E-state index contributed by atoms with van der Waals surface area (Å²) < 4.78 is 0. The van der Waals surface area contributed by atoms with Gasteiger partial charge in [0, 0.05) is 18.9 Å². The molecule has 2 rings (SSSR count). The van der Waals surface area contributed by atoms with Gasteiger partial charge in [0.1, 0.15) is 12.3 Å². The highest BCUT2D eigenvalue weighted by molar-refractivity contribution is 5.89. The predicted octanol–water partition coefficient (Wildman–Crippen LogP) is 1.31. The molecule has 0 aromatic rings. The molecule has 7 heteroatoms. The normalized spacial score (nSPS) is 31.1.